The number of hydrogen-bond acceptors (Lipinski definition) is 2. The number of nitrogens with zero attached hydrogens (tertiary/aromatic N) is 2. The second-order valence-electron chi connectivity index (χ2n) is 12.1. The molecule has 4 nitrogen and oxygen atoms in total. The average Bonchev–Trinajstić information content (AvgIpc) is 3.85. The average molecular weight is 589 g/mol. The van der Waals surface area contributed by atoms with Crippen molar-refractivity contribution in [3.63, 3.8) is 0 Å². The molecule has 46 heavy (non-hydrogen) atoms. The maximum atomic E-state index is 6.33. The van der Waals surface area contributed by atoms with E-state index in [1.54, 1.807) is 0 Å². The second-order valence-corrected chi connectivity index (χ2v) is 12.1. The fourth-order valence-corrected chi connectivity index (χ4v) is 7.82. The van der Waals surface area contributed by atoms with Crippen LogP contribution in [0.3, 0.4) is 0 Å². The summed E-state index contributed by atoms with van der Waals surface area (Å²) in [6, 6.07) is 51.6. The van der Waals surface area contributed by atoms with Crippen molar-refractivity contribution in [2.24, 2.45) is 0 Å². The second kappa shape index (κ2) is 8.68. The van der Waals surface area contributed by atoms with Gasteiger partial charge < -0.3 is 18.0 Å². The van der Waals surface area contributed by atoms with E-state index in [1.165, 1.54) is 43.6 Å². The third-order valence-electron chi connectivity index (χ3n) is 9.72. The van der Waals surface area contributed by atoms with Crippen LogP contribution in [0.15, 0.2) is 154 Å². The lowest BCUT2D eigenvalue weighted by Gasteiger charge is -2.12. The van der Waals surface area contributed by atoms with E-state index in [1.807, 2.05) is 12.1 Å². The fourth-order valence-electron chi connectivity index (χ4n) is 7.82. The Balaban J connectivity index is 1.22. The molecule has 4 aromatic heterocycles. The standard InChI is InChI=1S/C42H24N2O2/c1-5-13-33-27(9-1)29-21-23-37-39(31-11-3-7-15-35(31)45-37)41(29)43(33)25-17-19-26(20-18-25)44-34-14-6-2-10-28(34)30-22-24-38-40(42(30)44)32-12-4-8-16-36(32)46-38/h1-24H. The monoisotopic (exact) mass is 588 g/mol. The van der Waals surface area contributed by atoms with E-state index in [2.05, 4.69) is 143 Å². The molecule has 4 heteroatoms. The first-order valence-corrected chi connectivity index (χ1v) is 15.6. The van der Waals surface area contributed by atoms with E-state index in [4.69, 9.17) is 8.83 Å². The molecular weight excluding hydrogens is 564 g/mol. The van der Waals surface area contributed by atoms with Crippen molar-refractivity contribution < 1.29 is 8.83 Å². The molecule has 0 spiro atoms. The van der Waals surface area contributed by atoms with Crippen LogP contribution in [0.25, 0.3) is 98.9 Å². The summed E-state index contributed by atoms with van der Waals surface area (Å²) in [5, 5.41) is 9.44. The first-order valence-electron chi connectivity index (χ1n) is 15.6. The highest BCUT2D eigenvalue weighted by Gasteiger charge is 2.21. The highest BCUT2D eigenvalue weighted by Crippen LogP contribution is 2.43. The Bertz CT molecular complexity index is 2810. The normalized spacial score (nSPS) is 12.3. The lowest BCUT2D eigenvalue weighted by Crippen LogP contribution is -1.97. The van der Waals surface area contributed by atoms with E-state index >= 15 is 0 Å². The minimum Gasteiger partial charge on any atom is -0.456 e. The largest absolute Gasteiger partial charge is 0.456 e. The molecule has 0 aliphatic carbocycles. The van der Waals surface area contributed by atoms with E-state index in [-0.39, 0.29) is 0 Å². The molecule has 214 valence electrons. The van der Waals surface area contributed by atoms with Crippen molar-refractivity contribution in [1.29, 1.82) is 0 Å². The summed E-state index contributed by atoms with van der Waals surface area (Å²) >= 11 is 0. The van der Waals surface area contributed by atoms with Gasteiger partial charge in [0.25, 0.3) is 0 Å². The Morgan fingerprint density at radius 2 is 0.696 bits per heavy atom. The quantitative estimate of drug-likeness (QED) is 0.201. The summed E-state index contributed by atoms with van der Waals surface area (Å²) < 4.78 is 17.5. The molecule has 0 atom stereocenters. The van der Waals surface area contributed by atoms with Gasteiger partial charge in [-0.1, -0.05) is 72.8 Å². The number of rotatable bonds is 2. The first-order chi connectivity index (χ1) is 22.8. The van der Waals surface area contributed by atoms with Crippen molar-refractivity contribution in [2.75, 3.05) is 0 Å². The fraction of sp³-hybridized carbons (Fsp3) is 0. The zero-order valence-corrected chi connectivity index (χ0v) is 24.6. The van der Waals surface area contributed by atoms with Gasteiger partial charge >= 0.3 is 0 Å². The minimum absolute atomic E-state index is 0.899. The molecule has 0 saturated carbocycles. The zero-order valence-electron chi connectivity index (χ0n) is 24.6. The van der Waals surface area contributed by atoms with Gasteiger partial charge in [0.2, 0.25) is 0 Å². The third-order valence-corrected chi connectivity index (χ3v) is 9.72. The predicted molar refractivity (Wildman–Crippen MR) is 190 cm³/mol. The Morgan fingerprint density at radius 3 is 1.15 bits per heavy atom. The predicted octanol–water partition coefficient (Wildman–Crippen LogP) is 11.7. The molecule has 0 fully saturated rings. The van der Waals surface area contributed by atoms with Crippen LogP contribution >= 0.6 is 0 Å². The van der Waals surface area contributed by atoms with Crippen LogP contribution in [0, 0.1) is 0 Å². The molecule has 0 bridgehead atoms. The Labute approximate surface area is 261 Å². The van der Waals surface area contributed by atoms with Crippen LogP contribution in [0.4, 0.5) is 0 Å². The third kappa shape index (κ3) is 3.03. The van der Waals surface area contributed by atoms with Gasteiger partial charge in [0.15, 0.2) is 0 Å². The van der Waals surface area contributed by atoms with Crippen molar-refractivity contribution in [3.8, 4) is 11.4 Å². The molecule has 0 unspecified atom stereocenters. The van der Waals surface area contributed by atoms with Gasteiger partial charge in [-0.05, 0) is 72.8 Å². The van der Waals surface area contributed by atoms with Gasteiger partial charge in [-0.25, -0.2) is 0 Å². The van der Waals surface area contributed by atoms with Crippen molar-refractivity contribution in [1.82, 2.24) is 9.13 Å². The summed E-state index contributed by atoms with van der Waals surface area (Å²) in [6.45, 7) is 0. The van der Waals surface area contributed by atoms with Crippen molar-refractivity contribution in [2.45, 2.75) is 0 Å². The number of benzene rings is 7. The molecule has 0 aliphatic rings. The molecule has 11 aromatic rings. The van der Waals surface area contributed by atoms with Crippen LogP contribution in [0.2, 0.25) is 0 Å². The SMILES string of the molecule is c1ccc2c(c1)oc1ccc3c4ccccc4n(-c4ccc(-n5c6ccccc6c6ccc7oc8ccccc8c7c65)cc4)c3c12. The van der Waals surface area contributed by atoms with E-state index in [0.29, 0.717) is 0 Å². The zero-order chi connectivity index (χ0) is 29.9. The Morgan fingerprint density at radius 1 is 0.304 bits per heavy atom. The number of fused-ring (bicyclic) bond motifs is 14. The Hall–Kier alpha value is -6.26. The smallest absolute Gasteiger partial charge is 0.137 e. The van der Waals surface area contributed by atoms with E-state index in [0.717, 1.165) is 55.3 Å². The van der Waals surface area contributed by atoms with Crippen LogP contribution in [0.1, 0.15) is 0 Å². The van der Waals surface area contributed by atoms with Crippen LogP contribution in [-0.2, 0) is 0 Å². The first kappa shape index (κ1) is 24.1. The molecule has 0 amide bonds. The molecule has 0 aliphatic heterocycles. The Kier molecular flexibility index (Phi) is 4.55. The molecular formula is C42H24N2O2. The van der Waals surface area contributed by atoms with Gasteiger partial charge in [0, 0.05) is 43.7 Å². The molecule has 7 aromatic carbocycles. The summed E-state index contributed by atoms with van der Waals surface area (Å²) in [5.74, 6) is 0. The maximum absolute atomic E-state index is 6.33. The van der Waals surface area contributed by atoms with Gasteiger partial charge in [0.1, 0.15) is 22.3 Å². The van der Waals surface area contributed by atoms with Crippen LogP contribution in [-0.4, -0.2) is 9.13 Å². The molecule has 0 N–H and O–H groups in total. The molecule has 0 saturated heterocycles. The highest BCUT2D eigenvalue weighted by molar-refractivity contribution is 6.25. The lowest BCUT2D eigenvalue weighted by molar-refractivity contribution is 0.669. The van der Waals surface area contributed by atoms with Gasteiger partial charge in [0.05, 0.1) is 32.8 Å². The lowest BCUT2D eigenvalue weighted by atomic mass is 10.1. The van der Waals surface area contributed by atoms with E-state index < -0.39 is 0 Å². The van der Waals surface area contributed by atoms with E-state index in [9.17, 15) is 0 Å². The molecule has 0 radical (unpaired) electrons. The van der Waals surface area contributed by atoms with Crippen molar-refractivity contribution in [3.05, 3.63) is 146 Å². The summed E-state index contributed by atoms with van der Waals surface area (Å²) in [7, 11) is 0. The van der Waals surface area contributed by atoms with Crippen LogP contribution < -0.4 is 0 Å². The number of furan rings is 2. The maximum Gasteiger partial charge on any atom is 0.137 e. The molecule has 11 rings (SSSR count). The topological polar surface area (TPSA) is 36.1 Å². The van der Waals surface area contributed by atoms with Gasteiger partial charge in [-0.3, -0.25) is 0 Å². The molecule has 4 heterocycles. The summed E-state index contributed by atoms with van der Waals surface area (Å²) in [4.78, 5) is 0. The van der Waals surface area contributed by atoms with Crippen LogP contribution in [0.5, 0.6) is 0 Å². The minimum atomic E-state index is 0.899. The number of para-hydroxylation sites is 4. The van der Waals surface area contributed by atoms with Gasteiger partial charge in [-0.15, -0.1) is 0 Å². The summed E-state index contributed by atoms with van der Waals surface area (Å²) in [6.07, 6.45) is 0. The highest BCUT2D eigenvalue weighted by atomic mass is 16.3. The van der Waals surface area contributed by atoms with Gasteiger partial charge in [-0.2, -0.15) is 0 Å². The number of aromatic nitrogens is 2. The number of hydrogen-bond donors (Lipinski definition) is 0. The van der Waals surface area contributed by atoms with Crippen molar-refractivity contribution >= 4 is 87.5 Å². The summed E-state index contributed by atoms with van der Waals surface area (Å²) in [5.41, 5.74) is 10.5.